The summed E-state index contributed by atoms with van der Waals surface area (Å²) in [6, 6.07) is 2.82. The van der Waals surface area contributed by atoms with E-state index in [2.05, 4.69) is 22.5 Å². The first-order valence-corrected chi connectivity index (χ1v) is 9.73. The number of ether oxygens (including phenoxy) is 1. The summed E-state index contributed by atoms with van der Waals surface area (Å²) < 4.78 is 31.7. The van der Waals surface area contributed by atoms with Crippen molar-refractivity contribution in [1.29, 1.82) is 0 Å². The van der Waals surface area contributed by atoms with Crippen molar-refractivity contribution in [2.45, 2.75) is 30.6 Å². The first-order valence-electron chi connectivity index (χ1n) is 8.85. The summed E-state index contributed by atoms with van der Waals surface area (Å²) in [5, 5.41) is 2.97. The molecule has 5 nitrogen and oxygen atoms in total. The van der Waals surface area contributed by atoms with Crippen LogP contribution >= 0.6 is 11.8 Å². The lowest BCUT2D eigenvalue weighted by Crippen LogP contribution is -2.27. The number of halogens is 2. The van der Waals surface area contributed by atoms with E-state index in [-0.39, 0.29) is 25.0 Å². The first kappa shape index (κ1) is 18.2. The highest BCUT2D eigenvalue weighted by molar-refractivity contribution is 8.15. The van der Waals surface area contributed by atoms with Crippen molar-refractivity contribution in [3.63, 3.8) is 0 Å². The summed E-state index contributed by atoms with van der Waals surface area (Å²) in [5.41, 5.74) is -0.454. The predicted molar refractivity (Wildman–Crippen MR) is 97.4 cm³/mol. The maximum Gasteiger partial charge on any atom is 0.341 e. The largest absolute Gasteiger partial charge is 0.462 e. The second kappa shape index (κ2) is 7.42. The van der Waals surface area contributed by atoms with E-state index in [1.54, 1.807) is 0 Å². The van der Waals surface area contributed by atoms with E-state index in [0.29, 0.717) is 17.0 Å². The summed E-state index contributed by atoms with van der Waals surface area (Å²) in [4.78, 5) is 28.6. The van der Waals surface area contributed by atoms with E-state index in [0.717, 1.165) is 31.0 Å². The molecule has 27 heavy (non-hydrogen) atoms. The van der Waals surface area contributed by atoms with Crippen molar-refractivity contribution in [3.05, 3.63) is 47.5 Å². The average Bonchev–Trinajstić information content (AvgIpc) is 3.33. The van der Waals surface area contributed by atoms with E-state index in [1.165, 1.54) is 11.8 Å². The Kier molecular flexibility index (Phi) is 4.99. The van der Waals surface area contributed by atoms with Gasteiger partial charge in [0.25, 0.3) is 0 Å². The zero-order valence-corrected chi connectivity index (χ0v) is 15.2. The number of benzene rings is 1. The Bertz CT molecular complexity index is 842. The molecule has 1 N–H and O–H groups in total. The fraction of sp³-hybridized carbons (Fsp3) is 0.421. The number of amidine groups is 1. The first-order chi connectivity index (χ1) is 13.0. The Morgan fingerprint density at radius 1 is 1.30 bits per heavy atom. The number of carbonyl (C=O) groups excluding carboxylic acids is 2. The van der Waals surface area contributed by atoms with Gasteiger partial charge in [0.2, 0.25) is 5.91 Å². The Morgan fingerprint density at radius 3 is 2.89 bits per heavy atom. The van der Waals surface area contributed by atoms with Gasteiger partial charge < -0.3 is 10.1 Å². The van der Waals surface area contributed by atoms with Crippen molar-refractivity contribution in [1.82, 2.24) is 5.32 Å². The van der Waals surface area contributed by atoms with Crippen LogP contribution in [0.2, 0.25) is 0 Å². The van der Waals surface area contributed by atoms with Gasteiger partial charge in [0.15, 0.2) is 5.17 Å². The van der Waals surface area contributed by atoms with Crippen LogP contribution < -0.4 is 5.32 Å². The number of rotatable bonds is 5. The summed E-state index contributed by atoms with van der Waals surface area (Å²) >= 11 is 1.33. The molecule has 2 bridgehead atoms. The van der Waals surface area contributed by atoms with E-state index in [4.69, 9.17) is 4.74 Å². The zero-order valence-electron chi connectivity index (χ0n) is 14.4. The molecule has 4 unspecified atom stereocenters. The van der Waals surface area contributed by atoms with E-state index in [1.807, 2.05) is 0 Å². The van der Waals surface area contributed by atoms with Gasteiger partial charge in [-0.05, 0) is 42.9 Å². The van der Waals surface area contributed by atoms with Crippen LogP contribution in [0.15, 0.2) is 35.3 Å². The minimum atomic E-state index is -0.946. The van der Waals surface area contributed by atoms with Crippen molar-refractivity contribution in [3.8, 4) is 0 Å². The van der Waals surface area contributed by atoms with Crippen molar-refractivity contribution in [2.24, 2.45) is 16.8 Å². The minimum absolute atomic E-state index is 0.0655. The number of aliphatic imine (C=N–C) groups is 1. The number of hydrogen-bond donors (Lipinski definition) is 1. The standard InChI is InChI=1S/C19H18F2N2O3S/c20-12-3-4-14(21)13(9-12)18(25)26-6-5-16-17(24)23-19(27-16)22-15-8-10-1-2-11(15)7-10/h1-4,9-11,15-16H,5-8H2,(H,22,23,24). The van der Waals surface area contributed by atoms with Crippen molar-refractivity contribution in [2.75, 3.05) is 6.61 Å². The van der Waals surface area contributed by atoms with E-state index in [9.17, 15) is 18.4 Å². The number of hydrogen-bond acceptors (Lipinski definition) is 5. The van der Waals surface area contributed by atoms with Gasteiger partial charge in [-0.3, -0.25) is 9.79 Å². The molecule has 1 aromatic rings. The van der Waals surface area contributed by atoms with Gasteiger partial charge in [-0.15, -0.1) is 0 Å². The van der Waals surface area contributed by atoms with Crippen LogP contribution in [0.1, 0.15) is 29.6 Å². The molecule has 2 fully saturated rings. The molecule has 0 aromatic heterocycles. The molecular formula is C19H18F2N2O3S. The summed E-state index contributed by atoms with van der Waals surface area (Å²) in [7, 11) is 0. The molecule has 1 heterocycles. The molecule has 8 heteroatoms. The fourth-order valence-corrected chi connectivity index (χ4v) is 4.70. The number of carbonyl (C=O) groups is 2. The van der Waals surface area contributed by atoms with Gasteiger partial charge in [0, 0.05) is 6.42 Å². The second-order valence-electron chi connectivity index (χ2n) is 6.93. The average molecular weight is 392 g/mol. The van der Waals surface area contributed by atoms with Crippen LogP contribution in [-0.2, 0) is 9.53 Å². The number of nitrogens with one attached hydrogen (secondary N) is 1. The van der Waals surface area contributed by atoms with Gasteiger partial charge in [-0.25, -0.2) is 13.6 Å². The number of esters is 1. The van der Waals surface area contributed by atoms with Crippen LogP contribution in [0.25, 0.3) is 0 Å². The Hall–Kier alpha value is -2.22. The van der Waals surface area contributed by atoms with Gasteiger partial charge in [-0.1, -0.05) is 23.9 Å². The van der Waals surface area contributed by atoms with Crippen LogP contribution in [0.4, 0.5) is 8.78 Å². The highest BCUT2D eigenvalue weighted by Crippen LogP contribution is 2.41. The van der Waals surface area contributed by atoms with Gasteiger partial charge in [0.1, 0.15) is 11.6 Å². The van der Waals surface area contributed by atoms with Gasteiger partial charge in [0.05, 0.1) is 23.5 Å². The summed E-state index contributed by atoms with van der Waals surface area (Å²) in [6.45, 7) is -0.0655. The van der Waals surface area contributed by atoms with Crippen molar-refractivity contribution >= 4 is 28.8 Å². The summed E-state index contributed by atoms with van der Waals surface area (Å²) in [6.07, 6.45) is 6.86. The second-order valence-corrected chi connectivity index (χ2v) is 8.12. The van der Waals surface area contributed by atoms with E-state index < -0.39 is 28.4 Å². The summed E-state index contributed by atoms with van der Waals surface area (Å²) in [5.74, 6) is -1.62. The highest BCUT2D eigenvalue weighted by atomic mass is 32.2. The van der Waals surface area contributed by atoms with E-state index >= 15 is 0 Å². The lowest BCUT2D eigenvalue weighted by atomic mass is 10.0. The molecule has 0 radical (unpaired) electrons. The molecule has 1 saturated carbocycles. The van der Waals surface area contributed by atoms with Crippen LogP contribution in [0.5, 0.6) is 0 Å². The molecule has 1 aromatic carbocycles. The monoisotopic (exact) mass is 392 g/mol. The molecule has 4 atom stereocenters. The normalized spacial score (nSPS) is 30.1. The predicted octanol–water partition coefficient (Wildman–Crippen LogP) is 3.06. The minimum Gasteiger partial charge on any atom is -0.462 e. The van der Waals surface area contributed by atoms with Crippen LogP contribution in [0.3, 0.4) is 0 Å². The molecule has 4 rings (SSSR count). The molecule has 1 amide bonds. The van der Waals surface area contributed by atoms with Crippen molar-refractivity contribution < 1.29 is 23.1 Å². The number of nitrogens with zero attached hydrogens (tertiary/aromatic N) is 1. The molecule has 1 aliphatic heterocycles. The van der Waals surface area contributed by atoms with Gasteiger partial charge in [-0.2, -0.15) is 0 Å². The maximum absolute atomic E-state index is 13.6. The number of fused-ring (bicyclic) bond motifs is 2. The highest BCUT2D eigenvalue weighted by Gasteiger charge is 2.37. The third kappa shape index (κ3) is 3.90. The molecule has 2 aliphatic carbocycles. The lowest BCUT2D eigenvalue weighted by molar-refractivity contribution is -0.119. The van der Waals surface area contributed by atoms with Gasteiger partial charge >= 0.3 is 5.97 Å². The Balaban J connectivity index is 1.29. The molecule has 3 aliphatic rings. The third-order valence-electron chi connectivity index (χ3n) is 5.06. The quantitative estimate of drug-likeness (QED) is 0.618. The topological polar surface area (TPSA) is 67.8 Å². The Labute approximate surface area is 159 Å². The Morgan fingerprint density at radius 2 is 2.15 bits per heavy atom. The molecule has 0 spiro atoms. The lowest BCUT2D eigenvalue weighted by Gasteiger charge is -2.13. The number of allylic oxidation sites excluding steroid dienone is 1. The smallest absolute Gasteiger partial charge is 0.341 e. The zero-order chi connectivity index (χ0) is 19.0. The molecular weight excluding hydrogens is 374 g/mol. The molecule has 1 saturated heterocycles. The number of amides is 1. The maximum atomic E-state index is 13.6. The molecule has 142 valence electrons. The van der Waals surface area contributed by atoms with Crippen LogP contribution in [-0.4, -0.2) is 34.9 Å². The fourth-order valence-electron chi connectivity index (χ4n) is 3.70. The third-order valence-corrected chi connectivity index (χ3v) is 6.23. The SMILES string of the molecule is O=C(OCCC1SC(=NC2CC3C=CC2C3)NC1=O)c1cc(F)ccc1F. The number of thioether (sulfide) groups is 1. The van der Waals surface area contributed by atoms with Crippen LogP contribution in [0, 0.1) is 23.5 Å².